The van der Waals surface area contributed by atoms with E-state index in [1.165, 1.54) is 44.8 Å². The Morgan fingerprint density at radius 2 is 1.50 bits per heavy atom. The van der Waals surface area contributed by atoms with Crippen molar-refractivity contribution >= 4 is 9.84 Å². The van der Waals surface area contributed by atoms with Crippen molar-refractivity contribution in [2.75, 3.05) is 13.3 Å². The molecule has 0 amide bonds. The maximum absolute atomic E-state index is 11.5. The number of nitrogens with one attached hydrogen (secondary N) is 1. The Balaban J connectivity index is 3.75. The average molecular weight is 277 g/mol. The lowest BCUT2D eigenvalue weighted by Crippen LogP contribution is -2.40. The number of hydrogen-bond donors (Lipinski definition) is 1. The van der Waals surface area contributed by atoms with Crippen molar-refractivity contribution in [2.24, 2.45) is 0 Å². The van der Waals surface area contributed by atoms with E-state index in [0.29, 0.717) is 0 Å². The van der Waals surface area contributed by atoms with E-state index in [4.69, 9.17) is 0 Å². The highest BCUT2D eigenvalue weighted by Gasteiger charge is 2.23. The van der Waals surface area contributed by atoms with Gasteiger partial charge in [-0.25, -0.2) is 8.42 Å². The lowest BCUT2D eigenvalue weighted by Gasteiger charge is -2.22. The zero-order valence-corrected chi connectivity index (χ0v) is 13.4. The van der Waals surface area contributed by atoms with E-state index in [1.54, 1.807) is 6.92 Å². The van der Waals surface area contributed by atoms with Crippen molar-refractivity contribution < 1.29 is 8.42 Å². The van der Waals surface area contributed by atoms with Gasteiger partial charge in [0.05, 0.1) is 5.25 Å². The topological polar surface area (TPSA) is 46.2 Å². The summed E-state index contributed by atoms with van der Waals surface area (Å²) in [6.07, 6.45) is 11.2. The monoisotopic (exact) mass is 277 g/mol. The summed E-state index contributed by atoms with van der Waals surface area (Å²) in [7, 11) is -1.08. The standard InChI is InChI=1S/C14H31NO2S/c1-5-6-7-8-9-10-11-12-14(15-3)13(2)18(4,16)17/h13-15H,5-12H2,1-4H3. The molecule has 0 aliphatic carbocycles. The summed E-state index contributed by atoms with van der Waals surface area (Å²) in [5.74, 6) is 0. The van der Waals surface area contributed by atoms with E-state index in [-0.39, 0.29) is 11.3 Å². The molecule has 0 aromatic rings. The van der Waals surface area contributed by atoms with Crippen molar-refractivity contribution in [2.45, 2.75) is 76.5 Å². The smallest absolute Gasteiger partial charge is 0.151 e. The molecule has 4 heteroatoms. The average Bonchev–Trinajstić information content (AvgIpc) is 2.31. The lowest BCUT2D eigenvalue weighted by molar-refractivity contribution is 0.463. The van der Waals surface area contributed by atoms with Gasteiger partial charge in [0.1, 0.15) is 0 Å². The van der Waals surface area contributed by atoms with Gasteiger partial charge in [-0.3, -0.25) is 0 Å². The molecule has 2 atom stereocenters. The van der Waals surface area contributed by atoms with Gasteiger partial charge < -0.3 is 5.32 Å². The zero-order chi connectivity index (χ0) is 14.0. The van der Waals surface area contributed by atoms with Gasteiger partial charge in [-0.15, -0.1) is 0 Å². The van der Waals surface area contributed by atoms with Crippen LogP contribution in [0.2, 0.25) is 0 Å². The van der Waals surface area contributed by atoms with Gasteiger partial charge in [0, 0.05) is 12.3 Å². The van der Waals surface area contributed by atoms with Crippen molar-refractivity contribution in [1.29, 1.82) is 0 Å². The fourth-order valence-corrected chi connectivity index (χ4v) is 3.10. The van der Waals surface area contributed by atoms with E-state index in [0.717, 1.165) is 12.8 Å². The minimum atomic E-state index is -2.93. The van der Waals surface area contributed by atoms with Crippen LogP contribution in [0.1, 0.15) is 65.2 Å². The molecular weight excluding hydrogens is 246 g/mol. The van der Waals surface area contributed by atoms with Crippen molar-refractivity contribution in [3.05, 3.63) is 0 Å². The van der Waals surface area contributed by atoms with Crippen LogP contribution in [0.25, 0.3) is 0 Å². The van der Waals surface area contributed by atoms with Crippen LogP contribution in [-0.4, -0.2) is 33.0 Å². The number of sulfone groups is 1. The fraction of sp³-hybridized carbons (Fsp3) is 1.00. The molecule has 0 bridgehead atoms. The van der Waals surface area contributed by atoms with Gasteiger partial charge in [-0.1, -0.05) is 51.9 Å². The zero-order valence-electron chi connectivity index (χ0n) is 12.5. The van der Waals surface area contributed by atoms with Crippen LogP contribution < -0.4 is 5.32 Å². The highest BCUT2D eigenvalue weighted by atomic mass is 32.2. The summed E-state index contributed by atoms with van der Waals surface area (Å²) in [5.41, 5.74) is 0. The Hall–Kier alpha value is -0.0900. The minimum absolute atomic E-state index is 0.0932. The second kappa shape index (κ2) is 9.79. The molecule has 1 N–H and O–H groups in total. The highest BCUT2D eigenvalue weighted by molar-refractivity contribution is 7.91. The number of hydrogen-bond acceptors (Lipinski definition) is 3. The molecular formula is C14H31NO2S. The van der Waals surface area contributed by atoms with Crippen LogP contribution in [0.5, 0.6) is 0 Å². The Morgan fingerprint density at radius 1 is 1.00 bits per heavy atom. The third-order valence-electron chi connectivity index (χ3n) is 3.73. The van der Waals surface area contributed by atoms with E-state index in [1.807, 2.05) is 7.05 Å². The molecule has 0 aromatic heterocycles. The minimum Gasteiger partial charge on any atom is -0.316 e. The van der Waals surface area contributed by atoms with Gasteiger partial charge in [-0.05, 0) is 20.4 Å². The van der Waals surface area contributed by atoms with Gasteiger partial charge >= 0.3 is 0 Å². The largest absolute Gasteiger partial charge is 0.316 e. The first-order chi connectivity index (χ1) is 8.43. The van der Waals surface area contributed by atoms with Crippen LogP contribution in [0, 0.1) is 0 Å². The molecule has 0 spiro atoms. The first kappa shape index (κ1) is 17.9. The molecule has 2 unspecified atom stereocenters. The van der Waals surface area contributed by atoms with E-state index in [9.17, 15) is 8.42 Å². The van der Waals surface area contributed by atoms with E-state index in [2.05, 4.69) is 12.2 Å². The highest BCUT2D eigenvalue weighted by Crippen LogP contribution is 2.14. The molecule has 0 heterocycles. The Kier molecular flexibility index (Phi) is 9.74. The molecule has 0 saturated heterocycles. The summed E-state index contributed by atoms with van der Waals surface area (Å²) >= 11 is 0. The molecule has 0 aliphatic heterocycles. The predicted molar refractivity (Wildman–Crippen MR) is 79.8 cm³/mol. The summed E-state index contributed by atoms with van der Waals surface area (Å²) in [6.45, 7) is 4.03. The van der Waals surface area contributed by atoms with Crippen molar-refractivity contribution in [1.82, 2.24) is 5.32 Å². The van der Waals surface area contributed by atoms with Gasteiger partial charge in [0.25, 0.3) is 0 Å². The number of rotatable bonds is 11. The maximum atomic E-state index is 11.5. The predicted octanol–water partition coefficient (Wildman–Crippen LogP) is 3.15. The second-order valence-corrected chi connectivity index (χ2v) is 7.74. The van der Waals surface area contributed by atoms with E-state index < -0.39 is 9.84 Å². The molecule has 0 saturated carbocycles. The molecule has 3 nitrogen and oxygen atoms in total. The molecule has 0 fully saturated rings. The van der Waals surface area contributed by atoms with Crippen molar-refractivity contribution in [3.8, 4) is 0 Å². The Bertz CT molecular complexity index is 288. The third kappa shape index (κ3) is 8.09. The summed E-state index contributed by atoms with van der Waals surface area (Å²) in [5, 5.41) is 2.85. The first-order valence-corrected chi connectivity index (χ1v) is 9.25. The summed E-state index contributed by atoms with van der Waals surface area (Å²) < 4.78 is 23.0. The molecule has 0 aromatic carbocycles. The molecule has 0 aliphatic rings. The van der Waals surface area contributed by atoms with Gasteiger partial charge in [0.2, 0.25) is 0 Å². The quantitative estimate of drug-likeness (QED) is 0.590. The van der Waals surface area contributed by atoms with Crippen LogP contribution in [0.15, 0.2) is 0 Å². The summed E-state index contributed by atoms with van der Waals surface area (Å²) in [6, 6.07) is 0.0932. The van der Waals surface area contributed by atoms with E-state index >= 15 is 0 Å². The number of unbranched alkanes of at least 4 members (excludes halogenated alkanes) is 6. The van der Waals surface area contributed by atoms with Crippen molar-refractivity contribution in [3.63, 3.8) is 0 Å². The van der Waals surface area contributed by atoms with Gasteiger partial charge in [-0.2, -0.15) is 0 Å². The summed E-state index contributed by atoms with van der Waals surface area (Å²) in [4.78, 5) is 0. The third-order valence-corrected chi connectivity index (χ3v) is 5.41. The Labute approximate surface area is 114 Å². The SMILES string of the molecule is CCCCCCCCCC(NC)C(C)S(C)(=O)=O. The maximum Gasteiger partial charge on any atom is 0.151 e. The molecule has 0 radical (unpaired) electrons. The van der Waals surface area contributed by atoms with Crippen LogP contribution in [-0.2, 0) is 9.84 Å². The lowest BCUT2D eigenvalue weighted by atomic mass is 10.0. The van der Waals surface area contributed by atoms with Gasteiger partial charge in [0.15, 0.2) is 9.84 Å². The fourth-order valence-electron chi connectivity index (χ4n) is 2.23. The van der Waals surface area contributed by atoms with Crippen LogP contribution in [0.4, 0.5) is 0 Å². The second-order valence-electron chi connectivity index (χ2n) is 5.34. The van der Waals surface area contributed by atoms with Crippen LogP contribution >= 0.6 is 0 Å². The molecule has 110 valence electrons. The Morgan fingerprint density at radius 3 is 1.94 bits per heavy atom. The first-order valence-electron chi connectivity index (χ1n) is 7.29. The molecule has 18 heavy (non-hydrogen) atoms. The normalized spacial score (nSPS) is 15.6. The van der Waals surface area contributed by atoms with Crippen LogP contribution in [0.3, 0.4) is 0 Å². The molecule has 0 rings (SSSR count).